The van der Waals surface area contributed by atoms with E-state index < -0.39 is 0 Å². The van der Waals surface area contributed by atoms with Gasteiger partial charge in [-0.2, -0.15) is 0 Å². The molecule has 2 heteroatoms. The quantitative estimate of drug-likeness (QED) is 0.780. The number of phenols is 1. The summed E-state index contributed by atoms with van der Waals surface area (Å²) in [5.74, 6) is 1.17. The van der Waals surface area contributed by atoms with Gasteiger partial charge in [0.05, 0.1) is 0 Å². The van der Waals surface area contributed by atoms with Gasteiger partial charge in [0.15, 0.2) is 0 Å². The molecule has 0 bridgehead atoms. The van der Waals surface area contributed by atoms with Crippen molar-refractivity contribution >= 4 is 6.08 Å². The van der Waals surface area contributed by atoms with E-state index in [1.807, 2.05) is 12.1 Å². The van der Waals surface area contributed by atoms with Crippen molar-refractivity contribution in [3.63, 3.8) is 0 Å². The molecule has 1 atom stereocenters. The molecule has 1 aliphatic rings. The maximum atomic E-state index is 9.34. The summed E-state index contributed by atoms with van der Waals surface area (Å²) < 4.78 is 5.84. The summed E-state index contributed by atoms with van der Waals surface area (Å²) >= 11 is 0. The molecule has 1 unspecified atom stereocenters. The van der Waals surface area contributed by atoms with Gasteiger partial charge in [-0.1, -0.05) is 25.8 Å². The first-order chi connectivity index (χ1) is 7.79. The molecule has 1 aromatic rings. The number of aromatic hydroxyl groups is 1. The lowest BCUT2D eigenvalue weighted by Crippen LogP contribution is -2.16. The number of rotatable bonds is 4. The summed E-state index contributed by atoms with van der Waals surface area (Å²) in [6.07, 6.45) is 9.09. The molecule has 1 N–H and O–H groups in total. The molecule has 0 radical (unpaired) electrons. The number of hydrogen-bond donors (Lipinski definition) is 1. The fraction of sp³-hybridized carbons (Fsp3) is 0.429. The normalized spacial score (nSPS) is 17.9. The highest BCUT2D eigenvalue weighted by Crippen LogP contribution is 2.30. The minimum absolute atomic E-state index is 0.198. The molecule has 1 aromatic carbocycles. The van der Waals surface area contributed by atoms with E-state index in [1.54, 1.807) is 12.1 Å². The summed E-state index contributed by atoms with van der Waals surface area (Å²) in [5, 5.41) is 9.34. The fourth-order valence-electron chi connectivity index (χ4n) is 1.94. The van der Waals surface area contributed by atoms with Crippen molar-refractivity contribution in [1.29, 1.82) is 0 Å². The number of benzene rings is 1. The third-order valence-electron chi connectivity index (χ3n) is 2.85. The monoisotopic (exact) mass is 218 g/mol. The summed E-state index contributed by atoms with van der Waals surface area (Å²) in [7, 11) is 0. The third kappa shape index (κ3) is 2.57. The number of phenolic OH excluding ortho intramolecular Hbond substituents is 1. The Kier molecular flexibility index (Phi) is 3.50. The van der Waals surface area contributed by atoms with Crippen LogP contribution in [0.15, 0.2) is 24.3 Å². The molecule has 2 rings (SSSR count). The fourth-order valence-corrected chi connectivity index (χ4v) is 1.94. The minimum atomic E-state index is 0.198. The third-order valence-corrected chi connectivity index (χ3v) is 2.85. The van der Waals surface area contributed by atoms with Gasteiger partial charge < -0.3 is 9.84 Å². The van der Waals surface area contributed by atoms with E-state index in [0.717, 1.165) is 17.7 Å². The van der Waals surface area contributed by atoms with Crippen molar-refractivity contribution in [2.75, 3.05) is 0 Å². The molecule has 1 heterocycles. The molecule has 2 nitrogen and oxygen atoms in total. The smallest absolute Gasteiger partial charge is 0.127 e. The molecule has 86 valence electrons. The zero-order valence-electron chi connectivity index (χ0n) is 9.65. The van der Waals surface area contributed by atoms with Crippen LogP contribution in [-0.4, -0.2) is 11.2 Å². The zero-order chi connectivity index (χ0) is 11.4. The van der Waals surface area contributed by atoms with Gasteiger partial charge in [0.25, 0.3) is 0 Å². The van der Waals surface area contributed by atoms with E-state index in [4.69, 9.17) is 4.74 Å². The summed E-state index contributed by atoms with van der Waals surface area (Å²) in [6, 6.07) is 5.23. The van der Waals surface area contributed by atoms with E-state index >= 15 is 0 Å². The highest BCUT2D eigenvalue weighted by Gasteiger charge is 2.14. The molecule has 16 heavy (non-hydrogen) atoms. The lowest BCUT2D eigenvalue weighted by molar-refractivity contribution is 0.230. The highest BCUT2D eigenvalue weighted by molar-refractivity contribution is 5.61. The Hall–Kier alpha value is -1.44. The van der Waals surface area contributed by atoms with Crippen LogP contribution >= 0.6 is 0 Å². The maximum absolute atomic E-state index is 9.34. The van der Waals surface area contributed by atoms with Crippen LogP contribution < -0.4 is 4.74 Å². The topological polar surface area (TPSA) is 29.5 Å². The molecule has 0 amide bonds. The Morgan fingerprint density at radius 1 is 1.31 bits per heavy atom. The number of unbranched alkanes of at least 4 members (excludes halogenated alkanes) is 2. The van der Waals surface area contributed by atoms with Crippen LogP contribution in [0.25, 0.3) is 6.08 Å². The van der Waals surface area contributed by atoms with Crippen LogP contribution in [0.1, 0.15) is 38.2 Å². The van der Waals surface area contributed by atoms with Gasteiger partial charge in [-0.3, -0.25) is 0 Å². The molecule has 0 spiro atoms. The lowest BCUT2D eigenvalue weighted by atomic mass is 10.1. The van der Waals surface area contributed by atoms with Crippen LogP contribution in [0.5, 0.6) is 11.5 Å². The predicted octanol–water partition coefficient (Wildman–Crippen LogP) is 3.75. The highest BCUT2D eigenvalue weighted by atomic mass is 16.5. The number of fused-ring (bicyclic) bond motifs is 1. The maximum Gasteiger partial charge on any atom is 0.127 e. The molecule has 0 saturated heterocycles. The van der Waals surface area contributed by atoms with Crippen molar-refractivity contribution in [1.82, 2.24) is 0 Å². The largest absolute Gasteiger partial charge is 0.508 e. The van der Waals surface area contributed by atoms with E-state index in [1.165, 1.54) is 19.3 Å². The Balaban J connectivity index is 1.99. The first-order valence-corrected chi connectivity index (χ1v) is 5.97. The van der Waals surface area contributed by atoms with Crippen molar-refractivity contribution in [3.05, 3.63) is 29.8 Å². The molecule has 0 aromatic heterocycles. The van der Waals surface area contributed by atoms with E-state index in [2.05, 4.69) is 13.0 Å². The number of hydrogen-bond acceptors (Lipinski definition) is 2. The summed E-state index contributed by atoms with van der Waals surface area (Å²) in [4.78, 5) is 0. The van der Waals surface area contributed by atoms with Crippen LogP contribution in [0.3, 0.4) is 0 Å². The SMILES string of the molecule is CCCCCC1C=Cc2cc(O)ccc2O1. The second-order valence-electron chi connectivity index (χ2n) is 4.23. The zero-order valence-corrected chi connectivity index (χ0v) is 9.65. The molecule has 0 fully saturated rings. The molecular formula is C14H18O2. The van der Waals surface area contributed by atoms with Gasteiger partial charge >= 0.3 is 0 Å². The van der Waals surface area contributed by atoms with Crippen molar-refractivity contribution in [3.8, 4) is 11.5 Å². The van der Waals surface area contributed by atoms with Crippen LogP contribution in [0.4, 0.5) is 0 Å². The lowest BCUT2D eigenvalue weighted by Gasteiger charge is -2.21. The Bertz CT molecular complexity index is 382. The van der Waals surface area contributed by atoms with Gasteiger partial charge in [-0.05, 0) is 37.1 Å². The van der Waals surface area contributed by atoms with Crippen LogP contribution in [0.2, 0.25) is 0 Å². The average molecular weight is 218 g/mol. The molecule has 0 aliphatic carbocycles. The van der Waals surface area contributed by atoms with Crippen molar-refractivity contribution in [2.24, 2.45) is 0 Å². The van der Waals surface area contributed by atoms with Crippen molar-refractivity contribution < 1.29 is 9.84 Å². The molecule has 1 aliphatic heterocycles. The van der Waals surface area contributed by atoms with Gasteiger partial charge in [-0.15, -0.1) is 0 Å². The minimum Gasteiger partial charge on any atom is -0.508 e. The Morgan fingerprint density at radius 3 is 3.00 bits per heavy atom. The summed E-state index contributed by atoms with van der Waals surface area (Å²) in [6.45, 7) is 2.20. The van der Waals surface area contributed by atoms with Gasteiger partial charge in [-0.25, -0.2) is 0 Å². The predicted molar refractivity (Wildman–Crippen MR) is 65.7 cm³/mol. The standard InChI is InChI=1S/C14H18O2/c1-2-3-4-5-13-8-6-11-10-12(15)7-9-14(11)16-13/h6-10,13,15H,2-5H2,1H3. The molecule has 0 saturated carbocycles. The van der Waals surface area contributed by atoms with Gasteiger partial charge in [0, 0.05) is 5.56 Å². The second-order valence-corrected chi connectivity index (χ2v) is 4.23. The Morgan fingerprint density at radius 2 is 2.19 bits per heavy atom. The first-order valence-electron chi connectivity index (χ1n) is 5.97. The van der Waals surface area contributed by atoms with Crippen LogP contribution in [0, 0.1) is 0 Å². The Labute approximate surface area is 96.6 Å². The average Bonchev–Trinajstić information content (AvgIpc) is 2.29. The van der Waals surface area contributed by atoms with Crippen molar-refractivity contribution in [2.45, 2.75) is 38.7 Å². The molecular weight excluding hydrogens is 200 g/mol. The number of ether oxygens (including phenoxy) is 1. The van der Waals surface area contributed by atoms with E-state index in [0.29, 0.717) is 0 Å². The van der Waals surface area contributed by atoms with Gasteiger partial charge in [0.2, 0.25) is 0 Å². The van der Waals surface area contributed by atoms with Crippen LogP contribution in [-0.2, 0) is 0 Å². The van der Waals surface area contributed by atoms with E-state index in [-0.39, 0.29) is 11.9 Å². The van der Waals surface area contributed by atoms with Gasteiger partial charge in [0.1, 0.15) is 17.6 Å². The second kappa shape index (κ2) is 5.06. The van der Waals surface area contributed by atoms with E-state index in [9.17, 15) is 5.11 Å². The summed E-state index contributed by atoms with van der Waals surface area (Å²) in [5.41, 5.74) is 0.965. The first kappa shape index (κ1) is 11.1.